The molecule has 3 rings (SSSR count). The van der Waals surface area contributed by atoms with Gasteiger partial charge in [-0.15, -0.1) is 0 Å². The number of carbonyl (C=O) groups is 1. The number of aromatic nitrogens is 3. The molecule has 3 aromatic rings. The molecule has 0 aliphatic rings. The minimum atomic E-state index is -0.0432. The number of anilines is 1. The molecule has 0 atom stereocenters. The Balaban J connectivity index is 1.63. The van der Waals surface area contributed by atoms with E-state index in [1.165, 1.54) is 6.33 Å². The Kier molecular flexibility index (Phi) is 4.86. The topological polar surface area (TPSA) is 69.0 Å². The van der Waals surface area contributed by atoms with Gasteiger partial charge in [-0.3, -0.25) is 4.79 Å². The van der Waals surface area contributed by atoms with Crippen LogP contribution in [0.4, 0.5) is 5.69 Å². The lowest BCUT2D eigenvalue weighted by Gasteiger charge is -2.10. The zero-order chi connectivity index (χ0) is 16.8. The third kappa shape index (κ3) is 3.78. The summed E-state index contributed by atoms with van der Waals surface area (Å²) >= 11 is 0. The van der Waals surface area contributed by atoms with Gasteiger partial charge in [-0.2, -0.15) is 5.10 Å². The fraction of sp³-hybridized carbons (Fsp3) is 0.167. The van der Waals surface area contributed by atoms with E-state index in [1.54, 1.807) is 18.1 Å². The summed E-state index contributed by atoms with van der Waals surface area (Å²) in [6.45, 7) is 0. The van der Waals surface area contributed by atoms with Gasteiger partial charge in [-0.05, 0) is 36.2 Å². The Bertz CT molecular complexity index is 798. The smallest absolute Gasteiger partial charge is 0.224 e. The number of aryl methyl sites for hydroxylation is 1. The van der Waals surface area contributed by atoms with Crippen molar-refractivity contribution in [2.45, 2.75) is 12.8 Å². The number of amides is 1. The molecule has 6 heteroatoms. The van der Waals surface area contributed by atoms with Crippen LogP contribution >= 0.6 is 0 Å². The number of ether oxygens (including phenoxy) is 1. The summed E-state index contributed by atoms with van der Waals surface area (Å²) in [5.74, 6) is 0.767. The third-order valence-electron chi connectivity index (χ3n) is 3.64. The lowest BCUT2D eigenvalue weighted by molar-refractivity contribution is -0.116. The molecule has 0 radical (unpaired) electrons. The number of hydrogen-bond donors (Lipinski definition) is 1. The molecule has 0 spiro atoms. The molecule has 0 unspecified atom stereocenters. The van der Waals surface area contributed by atoms with Crippen LogP contribution in [0.3, 0.4) is 0 Å². The highest BCUT2D eigenvalue weighted by atomic mass is 16.5. The lowest BCUT2D eigenvalue weighted by Crippen LogP contribution is -2.14. The maximum Gasteiger partial charge on any atom is 0.224 e. The van der Waals surface area contributed by atoms with Crippen LogP contribution < -0.4 is 10.1 Å². The number of nitrogens with one attached hydrogen (secondary N) is 1. The summed E-state index contributed by atoms with van der Waals surface area (Å²) in [5.41, 5.74) is 2.59. The quantitative estimate of drug-likeness (QED) is 0.757. The molecule has 0 saturated carbocycles. The molecule has 1 heterocycles. The van der Waals surface area contributed by atoms with E-state index in [2.05, 4.69) is 15.4 Å². The van der Waals surface area contributed by atoms with Gasteiger partial charge < -0.3 is 10.1 Å². The average molecular weight is 322 g/mol. The zero-order valence-electron chi connectivity index (χ0n) is 13.3. The number of para-hydroxylation sites is 2. The third-order valence-corrected chi connectivity index (χ3v) is 3.64. The molecule has 6 nitrogen and oxygen atoms in total. The summed E-state index contributed by atoms with van der Waals surface area (Å²) in [5, 5.41) is 7.05. The van der Waals surface area contributed by atoms with Crippen molar-refractivity contribution in [2.24, 2.45) is 0 Å². The Labute approximate surface area is 140 Å². The van der Waals surface area contributed by atoms with Gasteiger partial charge in [0.25, 0.3) is 0 Å². The fourth-order valence-electron chi connectivity index (χ4n) is 2.37. The summed E-state index contributed by atoms with van der Waals surface area (Å²) in [7, 11) is 1.63. The molecular formula is C18H18N4O2. The molecule has 2 aromatic carbocycles. The predicted molar refractivity (Wildman–Crippen MR) is 91.3 cm³/mol. The fourth-order valence-corrected chi connectivity index (χ4v) is 2.37. The first-order chi connectivity index (χ1) is 11.8. The van der Waals surface area contributed by atoms with E-state index in [9.17, 15) is 4.79 Å². The molecular weight excluding hydrogens is 304 g/mol. The largest absolute Gasteiger partial charge is 0.497 e. The molecule has 0 bridgehead atoms. The number of hydrogen-bond acceptors (Lipinski definition) is 4. The van der Waals surface area contributed by atoms with Gasteiger partial charge in [-0.25, -0.2) is 9.67 Å². The number of benzene rings is 2. The van der Waals surface area contributed by atoms with Crippen LogP contribution in [0.1, 0.15) is 12.0 Å². The van der Waals surface area contributed by atoms with E-state index in [-0.39, 0.29) is 5.91 Å². The maximum atomic E-state index is 12.2. The van der Waals surface area contributed by atoms with Crippen LogP contribution in [-0.2, 0) is 11.2 Å². The first-order valence-electron chi connectivity index (χ1n) is 7.63. The summed E-state index contributed by atoms with van der Waals surface area (Å²) < 4.78 is 6.75. The highest BCUT2D eigenvalue weighted by Crippen LogP contribution is 2.19. The molecule has 122 valence electrons. The monoisotopic (exact) mass is 322 g/mol. The molecule has 1 amide bonds. The van der Waals surface area contributed by atoms with Crippen molar-refractivity contribution in [1.82, 2.24) is 14.8 Å². The highest BCUT2D eigenvalue weighted by molar-refractivity contribution is 5.92. The van der Waals surface area contributed by atoms with Gasteiger partial charge in [-0.1, -0.05) is 24.3 Å². The second-order valence-electron chi connectivity index (χ2n) is 5.25. The van der Waals surface area contributed by atoms with Gasteiger partial charge in [0.1, 0.15) is 18.4 Å². The van der Waals surface area contributed by atoms with Crippen LogP contribution in [0.5, 0.6) is 5.75 Å². The minimum Gasteiger partial charge on any atom is -0.497 e. The Hall–Kier alpha value is -3.15. The van der Waals surface area contributed by atoms with Crippen molar-refractivity contribution >= 4 is 11.6 Å². The molecule has 0 aliphatic heterocycles. The molecule has 0 saturated heterocycles. The minimum absolute atomic E-state index is 0.0432. The maximum absolute atomic E-state index is 12.2. The summed E-state index contributed by atoms with van der Waals surface area (Å²) in [6, 6.07) is 15.2. The predicted octanol–water partition coefficient (Wildman–Crippen LogP) is 2.85. The van der Waals surface area contributed by atoms with Crippen molar-refractivity contribution in [3.05, 3.63) is 66.7 Å². The van der Waals surface area contributed by atoms with Gasteiger partial charge in [0.05, 0.1) is 18.5 Å². The van der Waals surface area contributed by atoms with Crippen LogP contribution in [0, 0.1) is 0 Å². The van der Waals surface area contributed by atoms with E-state index in [4.69, 9.17) is 4.74 Å². The summed E-state index contributed by atoms with van der Waals surface area (Å²) in [6.07, 6.45) is 4.13. The molecule has 1 N–H and O–H groups in total. The van der Waals surface area contributed by atoms with Crippen molar-refractivity contribution in [3.8, 4) is 11.4 Å². The Morgan fingerprint density at radius 2 is 1.96 bits per heavy atom. The Morgan fingerprint density at radius 1 is 1.17 bits per heavy atom. The van der Waals surface area contributed by atoms with Crippen LogP contribution in [0.15, 0.2) is 61.2 Å². The molecule has 0 fully saturated rings. The van der Waals surface area contributed by atoms with Crippen molar-refractivity contribution in [2.75, 3.05) is 12.4 Å². The van der Waals surface area contributed by atoms with Crippen molar-refractivity contribution in [1.29, 1.82) is 0 Å². The standard InChI is InChI=1S/C18H18N4O2/c1-24-15-9-6-14(7-10-15)8-11-18(23)21-16-4-2-3-5-17(16)22-13-19-12-20-22/h2-7,9-10,12-13H,8,11H2,1H3,(H,21,23). The molecule has 24 heavy (non-hydrogen) atoms. The number of carbonyl (C=O) groups excluding carboxylic acids is 1. The lowest BCUT2D eigenvalue weighted by atomic mass is 10.1. The van der Waals surface area contributed by atoms with E-state index >= 15 is 0 Å². The first-order valence-corrected chi connectivity index (χ1v) is 7.63. The average Bonchev–Trinajstić information content (AvgIpc) is 3.15. The number of nitrogens with zero attached hydrogens (tertiary/aromatic N) is 3. The number of rotatable bonds is 6. The first kappa shape index (κ1) is 15.7. The molecule has 1 aromatic heterocycles. The SMILES string of the molecule is COc1ccc(CCC(=O)Nc2ccccc2-n2cncn2)cc1. The highest BCUT2D eigenvalue weighted by Gasteiger charge is 2.09. The van der Waals surface area contributed by atoms with Crippen LogP contribution in [0.2, 0.25) is 0 Å². The Morgan fingerprint density at radius 3 is 2.67 bits per heavy atom. The number of methoxy groups -OCH3 is 1. The van der Waals surface area contributed by atoms with Gasteiger partial charge in [0.15, 0.2) is 0 Å². The van der Waals surface area contributed by atoms with Crippen molar-refractivity contribution in [3.63, 3.8) is 0 Å². The van der Waals surface area contributed by atoms with Gasteiger partial charge >= 0.3 is 0 Å². The van der Waals surface area contributed by atoms with Gasteiger partial charge in [0.2, 0.25) is 5.91 Å². The van der Waals surface area contributed by atoms with Crippen molar-refractivity contribution < 1.29 is 9.53 Å². The van der Waals surface area contributed by atoms with Crippen LogP contribution in [0.25, 0.3) is 5.69 Å². The zero-order valence-corrected chi connectivity index (χ0v) is 13.3. The summed E-state index contributed by atoms with van der Waals surface area (Å²) in [4.78, 5) is 16.2. The molecule has 0 aliphatic carbocycles. The van der Waals surface area contributed by atoms with Crippen LogP contribution in [-0.4, -0.2) is 27.8 Å². The second kappa shape index (κ2) is 7.41. The van der Waals surface area contributed by atoms with E-state index in [1.807, 2.05) is 48.5 Å². The van der Waals surface area contributed by atoms with Gasteiger partial charge in [0, 0.05) is 6.42 Å². The normalized spacial score (nSPS) is 10.4. The van der Waals surface area contributed by atoms with E-state index in [0.29, 0.717) is 18.5 Å². The second-order valence-corrected chi connectivity index (χ2v) is 5.25. The van der Waals surface area contributed by atoms with E-state index < -0.39 is 0 Å². The van der Waals surface area contributed by atoms with E-state index in [0.717, 1.165) is 17.0 Å².